The Morgan fingerprint density at radius 1 is 1.25 bits per heavy atom. The summed E-state index contributed by atoms with van der Waals surface area (Å²) in [5.41, 5.74) is 7.14. The molecule has 1 aliphatic rings. The highest BCUT2D eigenvalue weighted by atomic mass is 16.3. The van der Waals surface area contributed by atoms with Gasteiger partial charge in [0.15, 0.2) is 0 Å². The number of rotatable bonds is 5. The van der Waals surface area contributed by atoms with Crippen molar-refractivity contribution in [3.63, 3.8) is 0 Å². The number of benzene rings is 1. The van der Waals surface area contributed by atoms with Crippen molar-refractivity contribution >= 4 is 11.6 Å². The van der Waals surface area contributed by atoms with E-state index >= 15 is 0 Å². The van der Waals surface area contributed by atoms with Gasteiger partial charge in [0.2, 0.25) is 5.91 Å². The zero-order valence-electron chi connectivity index (χ0n) is 11.3. The molecule has 0 spiro atoms. The lowest BCUT2D eigenvalue weighted by molar-refractivity contribution is -0.123. The molecular weight excluding hydrogens is 252 g/mol. The van der Waals surface area contributed by atoms with Crippen LogP contribution in [0.5, 0.6) is 0 Å². The number of nitrogens with two attached hydrogens (primary N) is 1. The van der Waals surface area contributed by atoms with Gasteiger partial charge in [-0.1, -0.05) is 12.1 Å². The molecule has 4 nitrogen and oxygen atoms in total. The number of furan rings is 1. The summed E-state index contributed by atoms with van der Waals surface area (Å²) in [5, 5.41) is 3.01. The monoisotopic (exact) mass is 270 g/mol. The van der Waals surface area contributed by atoms with Gasteiger partial charge in [0.25, 0.3) is 0 Å². The van der Waals surface area contributed by atoms with Gasteiger partial charge < -0.3 is 15.5 Å². The van der Waals surface area contributed by atoms with Crippen LogP contribution in [0.25, 0.3) is 0 Å². The van der Waals surface area contributed by atoms with Gasteiger partial charge >= 0.3 is 0 Å². The van der Waals surface area contributed by atoms with Gasteiger partial charge in [-0.05, 0) is 42.7 Å². The van der Waals surface area contributed by atoms with E-state index < -0.39 is 0 Å². The highest BCUT2D eigenvalue weighted by molar-refractivity contribution is 5.91. The van der Waals surface area contributed by atoms with Gasteiger partial charge in [0.05, 0.1) is 11.7 Å². The molecule has 0 bridgehead atoms. The average Bonchev–Trinajstić information content (AvgIpc) is 3.10. The lowest BCUT2D eigenvalue weighted by Crippen LogP contribution is -2.35. The summed E-state index contributed by atoms with van der Waals surface area (Å²) in [4.78, 5) is 12.4. The summed E-state index contributed by atoms with van der Waals surface area (Å²) in [6.07, 6.45) is 4.18. The summed E-state index contributed by atoms with van der Waals surface area (Å²) in [5.74, 6) is 0.997. The molecule has 1 aromatic carbocycles. The zero-order chi connectivity index (χ0) is 14.0. The molecule has 1 saturated carbocycles. The molecule has 0 aliphatic heterocycles. The fourth-order valence-corrected chi connectivity index (χ4v) is 2.50. The molecule has 1 heterocycles. The summed E-state index contributed by atoms with van der Waals surface area (Å²) in [6.45, 7) is 0.600. The minimum atomic E-state index is -0.336. The van der Waals surface area contributed by atoms with Crippen molar-refractivity contribution in [2.45, 2.75) is 24.7 Å². The highest BCUT2D eigenvalue weighted by Crippen LogP contribution is 2.48. The van der Waals surface area contributed by atoms with E-state index in [1.54, 1.807) is 6.26 Å². The number of hydrogen-bond donors (Lipinski definition) is 2. The maximum absolute atomic E-state index is 12.4. The first kappa shape index (κ1) is 12.8. The molecule has 20 heavy (non-hydrogen) atoms. The maximum Gasteiger partial charge on any atom is 0.230 e. The summed E-state index contributed by atoms with van der Waals surface area (Å²) in [7, 11) is 0. The quantitative estimate of drug-likeness (QED) is 0.819. The number of nitrogens with one attached hydrogen (secondary N) is 1. The summed E-state index contributed by atoms with van der Waals surface area (Å²) < 4.78 is 5.25. The van der Waals surface area contributed by atoms with Gasteiger partial charge in [-0.15, -0.1) is 0 Å². The predicted molar refractivity (Wildman–Crippen MR) is 77.2 cm³/mol. The van der Waals surface area contributed by atoms with Crippen LogP contribution in [0, 0.1) is 0 Å². The van der Waals surface area contributed by atoms with Gasteiger partial charge in [-0.2, -0.15) is 0 Å². The molecule has 1 aliphatic carbocycles. The van der Waals surface area contributed by atoms with E-state index in [0.29, 0.717) is 6.54 Å². The summed E-state index contributed by atoms with van der Waals surface area (Å²) in [6, 6.07) is 11.4. The first-order valence-corrected chi connectivity index (χ1v) is 6.87. The normalized spacial score (nSPS) is 15.8. The molecule has 4 heteroatoms. The van der Waals surface area contributed by atoms with Crippen molar-refractivity contribution in [1.82, 2.24) is 5.32 Å². The van der Waals surface area contributed by atoms with Crippen LogP contribution in [0.15, 0.2) is 47.1 Å². The third-order valence-corrected chi connectivity index (χ3v) is 3.88. The minimum absolute atomic E-state index is 0.105. The molecule has 104 valence electrons. The number of carbonyl (C=O) groups excluding carboxylic acids is 1. The van der Waals surface area contributed by atoms with Gasteiger partial charge in [0.1, 0.15) is 5.76 Å². The van der Waals surface area contributed by atoms with Gasteiger partial charge in [-0.25, -0.2) is 0 Å². The van der Waals surface area contributed by atoms with E-state index in [9.17, 15) is 4.79 Å². The van der Waals surface area contributed by atoms with Crippen LogP contribution in [0.2, 0.25) is 0 Å². The van der Waals surface area contributed by atoms with E-state index in [2.05, 4.69) is 5.32 Å². The van der Waals surface area contributed by atoms with Crippen molar-refractivity contribution in [3.05, 3.63) is 54.0 Å². The number of hydrogen-bond acceptors (Lipinski definition) is 3. The van der Waals surface area contributed by atoms with Gasteiger partial charge in [-0.3, -0.25) is 4.79 Å². The Balaban J connectivity index is 1.60. The highest BCUT2D eigenvalue weighted by Gasteiger charge is 2.50. The fourth-order valence-electron chi connectivity index (χ4n) is 2.50. The van der Waals surface area contributed by atoms with Crippen molar-refractivity contribution in [1.29, 1.82) is 0 Å². The molecule has 1 amide bonds. The van der Waals surface area contributed by atoms with Crippen molar-refractivity contribution in [2.24, 2.45) is 0 Å². The molecule has 1 fully saturated rings. The Morgan fingerprint density at radius 3 is 2.60 bits per heavy atom. The van der Waals surface area contributed by atoms with E-state index in [1.807, 2.05) is 36.4 Å². The van der Waals surface area contributed by atoms with Crippen molar-refractivity contribution < 1.29 is 9.21 Å². The van der Waals surface area contributed by atoms with Crippen LogP contribution >= 0.6 is 0 Å². The van der Waals surface area contributed by atoms with Crippen LogP contribution in [0.4, 0.5) is 5.69 Å². The third-order valence-electron chi connectivity index (χ3n) is 3.88. The standard InChI is InChI=1S/C16H18N2O2/c17-13-5-3-12(4-6-13)16(8-9-16)15(19)18-10-7-14-2-1-11-20-14/h1-6,11H,7-10,17H2,(H,18,19). The van der Waals surface area contributed by atoms with E-state index in [4.69, 9.17) is 10.2 Å². The third kappa shape index (κ3) is 2.41. The number of anilines is 1. The Kier molecular flexibility index (Phi) is 3.22. The van der Waals surface area contributed by atoms with Crippen LogP contribution in [0.1, 0.15) is 24.2 Å². The van der Waals surface area contributed by atoms with Crippen LogP contribution in [-0.4, -0.2) is 12.5 Å². The fraction of sp³-hybridized carbons (Fsp3) is 0.312. The van der Waals surface area contributed by atoms with Crippen LogP contribution in [-0.2, 0) is 16.6 Å². The Bertz CT molecular complexity index is 583. The van der Waals surface area contributed by atoms with E-state index in [0.717, 1.165) is 36.3 Å². The smallest absolute Gasteiger partial charge is 0.230 e. The largest absolute Gasteiger partial charge is 0.469 e. The van der Waals surface area contributed by atoms with Crippen molar-refractivity contribution in [3.8, 4) is 0 Å². The first-order chi connectivity index (χ1) is 9.71. The lowest BCUT2D eigenvalue weighted by Gasteiger charge is -2.15. The lowest BCUT2D eigenvalue weighted by atomic mass is 9.94. The molecule has 0 atom stereocenters. The molecule has 2 aromatic rings. The van der Waals surface area contributed by atoms with Crippen LogP contribution < -0.4 is 11.1 Å². The SMILES string of the molecule is Nc1ccc(C2(C(=O)NCCc3ccco3)CC2)cc1. The summed E-state index contributed by atoms with van der Waals surface area (Å²) >= 11 is 0. The molecule has 1 aromatic heterocycles. The number of nitrogen functional groups attached to an aromatic ring is 1. The average molecular weight is 270 g/mol. The molecule has 0 radical (unpaired) electrons. The molecule has 0 saturated heterocycles. The Hall–Kier alpha value is -2.23. The van der Waals surface area contributed by atoms with Gasteiger partial charge in [0, 0.05) is 18.7 Å². The minimum Gasteiger partial charge on any atom is -0.469 e. The molecule has 3 N–H and O–H groups in total. The number of amides is 1. The van der Waals surface area contributed by atoms with E-state index in [-0.39, 0.29) is 11.3 Å². The maximum atomic E-state index is 12.4. The second-order valence-corrected chi connectivity index (χ2v) is 5.29. The molecule has 3 rings (SSSR count). The van der Waals surface area contributed by atoms with Crippen LogP contribution in [0.3, 0.4) is 0 Å². The van der Waals surface area contributed by atoms with E-state index in [1.165, 1.54) is 0 Å². The number of carbonyl (C=O) groups is 1. The van der Waals surface area contributed by atoms with Crippen molar-refractivity contribution in [2.75, 3.05) is 12.3 Å². The second kappa shape index (κ2) is 5.04. The predicted octanol–water partition coefficient (Wildman–Crippen LogP) is 2.25. The molecule has 0 unspecified atom stereocenters. The first-order valence-electron chi connectivity index (χ1n) is 6.87. The second-order valence-electron chi connectivity index (χ2n) is 5.29. The molecular formula is C16H18N2O2. The Labute approximate surface area is 118 Å². The topological polar surface area (TPSA) is 68.3 Å². The zero-order valence-corrected chi connectivity index (χ0v) is 11.3. The Morgan fingerprint density at radius 2 is 2.00 bits per heavy atom.